The zero-order valence-corrected chi connectivity index (χ0v) is 11.6. The molecule has 1 aliphatic heterocycles. The summed E-state index contributed by atoms with van der Waals surface area (Å²) in [6, 6.07) is 0.625. The molecule has 16 heavy (non-hydrogen) atoms. The summed E-state index contributed by atoms with van der Waals surface area (Å²) in [4.78, 5) is 14.3. The van der Waals surface area contributed by atoms with E-state index in [1.54, 1.807) is 0 Å². The van der Waals surface area contributed by atoms with Crippen LogP contribution in [0.3, 0.4) is 0 Å². The maximum absolute atomic E-state index is 12.3. The summed E-state index contributed by atoms with van der Waals surface area (Å²) in [5, 5.41) is 3.30. The summed E-state index contributed by atoms with van der Waals surface area (Å²) in [5.41, 5.74) is 0. The molecule has 96 valence electrons. The Labute approximate surface area is 105 Å². The van der Waals surface area contributed by atoms with E-state index in [0.29, 0.717) is 18.0 Å². The first-order valence-electron chi connectivity index (χ1n) is 6.07. The number of rotatable bonds is 3. The van der Waals surface area contributed by atoms with E-state index < -0.39 is 0 Å². The fourth-order valence-corrected chi connectivity index (χ4v) is 2.38. The summed E-state index contributed by atoms with van der Waals surface area (Å²) < 4.78 is 0. The molecule has 0 aromatic heterocycles. The summed E-state index contributed by atoms with van der Waals surface area (Å²) >= 11 is 0. The van der Waals surface area contributed by atoms with Crippen molar-refractivity contribution in [1.82, 2.24) is 10.2 Å². The minimum Gasteiger partial charge on any atom is -0.338 e. The lowest BCUT2D eigenvalue weighted by Crippen LogP contribution is -2.47. The normalized spacial score (nSPS) is 17.4. The van der Waals surface area contributed by atoms with E-state index in [2.05, 4.69) is 33.0 Å². The zero-order valence-electron chi connectivity index (χ0n) is 10.8. The maximum atomic E-state index is 12.3. The highest BCUT2D eigenvalue weighted by Crippen LogP contribution is 2.18. The van der Waals surface area contributed by atoms with Crippen molar-refractivity contribution in [2.24, 2.45) is 5.92 Å². The van der Waals surface area contributed by atoms with E-state index in [1.807, 2.05) is 4.90 Å². The van der Waals surface area contributed by atoms with Gasteiger partial charge in [-0.25, -0.2) is 0 Å². The third-order valence-corrected chi connectivity index (χ3v) is 3.06. The van der Waals surface area contributed by atoms with Crippen molar-refractivity contribution < 1.29 is 4.79 Å². The van der Waals surface area contributed by atoms with Crippen LogP contribution in [0.5, 0.6) is 0 Å². The molecule has 0 unspecified atom stereocenters. The highest BCUT2D eigenvalue weighted by atomic mass is 35.5. The number of amides is 1. The van der Waals surface area contributed by atoms with Gasteiger partial charge in [-0.2, -0.15) is 0 Å². The van der Waals surface area contributed by atoms with Gasteiger partial charge in [0, 0.05) is 18.0 Å². The Bertz CT molecular complexity index is 205. The topological polar surface area (TPSA) is 32.3 Å². The number of piperidine rings is 1. The molecule has 0 aliphatic carbocycles. The Kier molecular flexibility index (Phi) is 7.00. The minimum absolute atomic E-state index is 0. The van der Waals surface area contributed by atoms with E-state index in [1.165, 1.54) is 0 Å². The largest absolute Gasteiger partial charge is 0.338 e. The fourth-order valence-electron chi connectivity index (χ4n) is 2.38. The number of carbonyl (C=O) groups is 1. The molecule has 1 rings (SSSR count). The molecule has 1 amide bonds. The van der Waals surface area contributed by atoms with Crippen LogP contribution in [-0.2, 0) is 4.79 Å². The second-order valence-corrected chi connectivity index (χ2v) is 4.96. The average Bonchev–Trinajstić information content (AvgIpc) is 2.18. The van der Waals surface area contributed by atoms with Gasteiger partial charge in [-0.3, -0.25) is 4.79 Å². The highest BCUT2D eigenvalue weighted by molar-refractivity contribution is 5.85. The molecule has 1 fully saturated rings. The minimum atomic E-state index is 0. The molecule has 0 aromatic carbocycles. The van der Waals surface area contributed by atoms with Gasteiger partial charge in [-0.15, -0.1) is 12.4 Å². The Hall–Kier alpha value is -0.280. The first-order valence-corrected chi connectivity index (χ1v) is 6.07. The van der Waals surface area contributed by atoms with Crippen molar-refractivity contribution in [3.8, 4) is 0 Å². The van der Waals surface area contributed by atoms with Gasteiger partial charge >= 0.3 is 0 Å². The monoisotopic (exact) mass is 248 g/mol. The molecule has 1 heterocycles. The quantitative estimate of drug-likeness (QED) is 0.829. The van der Waals surface area contributed by atoms with Crippen molar-refractivity contribution in [2.45, 2.75) is 52.6 Å². The molecule has 4 heteroatoms. The number of nitrogens with zero attached hydrogens (tertiary/aromatic N) is 1. The van der Waals surface area contributed by atoms with Gasteiger partial charge in [-0.1, -0.05) is 0 Å². The van der Waals surface area contributed by atoms with E-state index in [0.717, 1.165) is 25.9 Å². The number of hydrogen-bond acceptors (Lipinski definition) is 2. The van der Waals surface area contributed by atoms with E-state index in [9.17, 15) is 4.79 Å². The molecular weight excluding hydrogens is 224 g/mol. The lowest BCUT2D eigenvalue weighted by molar-refractivity contribution is -0.140. The molecule has 0 aromatic rings. The maximum Gasteiger partial charge on any atom is 0.226 e. The highest BCUT2D eigenvalue weighted by Gasteiger charge is 2.28. The predicted molar refractivity (Wildman–Crippen MR) is 70.0 cm³/mol. The van der Waals surface area contributed by atoms with Crippen LogP contribution in [0.15, 0.2) is 0 Å². The van der Waals surface area contributed by atoms with Crippen molar-refractivity contribution in [3.05, 3.63) is 0 Å². The molecule has 1 aliphatic rings. The SMILES string of the molecule is CC(C)N(C(=O)C1CCNCC1)C(C)C.Cl. The second-order valence-electron chi connectivity index (χ2n) is 4.96. The summed E-state index contributed by atoms with van der Waals surface area (Å²) in [7, 11) is 0. The van der Waals surface area contributed by atoms with Crippen LogP contribution in [-0.4, -0.2) is 36.0 Å². The van der Waals surface area contributed by atoms with E-state index in [4.69, 9.17) is 0 Å². The van der Waals surface area contributed by atoms with Gasteiger partial charge in [-0.05, 0) is 53.6 Å². The first-order chi connectivity index (χ1) is 7.04. The molecule has 1 saturated heterocycles. The van der Waals surface area contributed by atoms with Crippen LogP contribution in [0.4, 0.5) is 0 Å². The van der Waals surface area contributed by atoms with Gasteiger partial charge in [0.05, 0.1) is 0 Å². The van der Waals surface area contributed by atoms with Crippen molar-refractivity contribution >= 4 is 18.3 Å². The van der Waals surface area contributed by atoms with Crippen LogP contribution in [0.1, 0.15) is 40.5 Å². The van der Waals surface area contributed by atoms with Gasteiger partial charge in [0.25, 0.3) is 0 Å². The van der Waals surface area contributed by atoms with Crippen LogP contribution < -0.4 is 5.32 Å². The van der Waals surface area contributed by atoms with Gasteiger partial charge in [0.1, 0.15) is 0 Å². The van der Waals surface area contributed by atoms with Crippen LogP contribution in [0.2, 0.25) is 0 Å². The van der Waals surface area contributed by atoms with Crippen molar-refractivity contribution in [1.29, 1.82) is 0 Å². The number of nitrogens with one attached hydrogen (secondary N) is 1. The molecule has 3 nitrogen and oxygen atoms in total. The third kappa shape index (κ3) is 3.95. The molecule has 0 spiro atoms. The predicted octanol–water partition coefficient (Wildman–Crippen LogP) is 2.05. The molecule has 0 saturated carbocycles. The van der Waals surface area contributed by atoms with Crippen molar-refractivity contribution in [2.75, 3.05) is 13.1 Å². The molecule has 1 N–H and O–H groups in total. The molecule has 0 atom stereocenters. The molecular formula is C12H25ClN2O. The first kappa shape index (κ1) is 15.7. The molecule has 0 bridgehead atoms. The Balaban J connectivity index is 0.00000225. The molecule has 0 radical (unpaired) electrons. The van der Waals surface area contributed by atoms with Crippen LogP contribution >= 0.6 is 12.4 Å². The summed E-state index contributed by atoms with van der Waals surface area (Å²) in [5.74, 6) is 0.595. The standard InChI is InChI=1S/C12H24N2O.ClH/c1-9(2)14(10(3)4)12(15)11-5-7-13-8-6-11;/h9-11,13H,5-8H2,1-4H3;1H. The lowest BCUT2D eigenvalue weighted by atomic mass is 9.95. The third-order valence-electron chi connectivity index (χ3n) is 3.06. The summed E-state index contributed by atoms with van der Waals surface area (Å²) in [6.45, 7) is 10.4. The van der Waals surface area contributed by atoms with Crippen molar-refractivity contribution in [3.63, 3.8) is 0 Å². The average molecular weight is 249 g/mol. The van der Waals surface area contributed by atoms with Gasteiger partial charge in [0.2, 0.25) is 5.91 Å². The number of carbonyl (C=O) groups excluding carboxylic acids is 1. The Morgan fingerprint density at radius 3 is 1.94 bits per heavy atom. The smallest absolute Gasteiger partial charge is 0.226 e. The lowest BCUT2D eigenvalue weighted by Gasteiger charge is -2.35. The Morgan fingerprint density at radius 1 is 1.12 bits per heavy atom. The van der Waals surface area contributed by atoms with E-state index >= 15 is 0 Å². The Morgan fingerprint density at radius 2 is 1.56 bits per heavy atom. The zero-order chi connectivity index (χ0) is 11.4. The van der Waals surface area contributed by atoms with Crippen LogP contribution in [0.25, 0.3) is 0 Å². The fraction of sp³-hybridized carbons (Fsp3) is 0.917. The van der Waals surface area contributed by atoms with E-state index in [-0.39, 0.29) is 18.3 Å². The number of halogens is 1. The number of hydrogen-bond donors (Lipinski definition) is 1. The van der Waals surface area contributed by atoms with Gasteiger partial charge in [0.15, 0.2) is 0 Å². The van der Waals surface area contributed by atoms with Crippen LogP contribution in [0, 0.1) is 5.92 Å². The summed E-state index contributed by atoms with van der Waals surface area (Å²) in [6.07, 6.45) is 1.99. The van der Waals surface area contributed by atoms with Gasteiger partial charge < -0.3 is 10.2 Å². The second kappa shape index (κ2) is 7.13.